The van der Waals surface area contributed by atoms with Crippen LogP contribution in [0.4, 0.5) is 0 Å². The Labute approximate surface area is 257 Å². The highest BCUT2D eigenvalue weighted by atomic mass is 16.5. The van der Waals surface area contributed by atoms with Crippen molar-refractivity contribution in [2.45, 2.75) is 69.5 Å². The summed E-state index contributed by atoms with van der Waals surface area (Å²) in [6.07, 6.45) is 2.85. The van der Waals surface area contributed by atoms with Gasteiger partial charge in [-0.15, -0.1) is 0 Å². The first-order chi connectivity index (χ1) is 21.0. The zero-order valence-corrected chi connectivity index (χ0v) is 25.4. The van der Waals surface area contributed by atoms with Crippen LogP contribution in [0.25, 0.3) is 0 Å². The molecule has 3 atom stereocenters. The average Bonchev–Trinajstić information content (AvgIpc) is 2.97. The van der Waals surface area contributed by atoms with E-state index in [2.05, 4.69) is 31.6 Å². The monoisotopic (exact) mass is 627 g/mol. The third-order valence-electron chi connectivity index (χ3n) is 6.56. The van der Waals surface area contributed by atoms with Crippen molar-refractivity contribution in [3.8, 4) is 0 Å². The fourth-order valence-electron chi connectivity index (χ4n) is 4.10. The summed E-state index contributed by atoms with van der Waals surface area (Å²) in [5.41, 5.74) is 22.1. The Hall–Kier alpha value is -4.03. The average molecular weight is 628 g/mol. The van der Waals surface area contributed by atoms with Crippen LogP contribution in [0.15, 0.2) is 4.99 Å². The van der Waals surface area contributed by atoms with Crippen molar-refractivity contribution in [2.24, 2.45) is 27.9 Å². The molecule has 44 heavy (non-hydrogen) atoms. The Morgan fingerprint density at radius 3 is 2.09 bits per heavy atom. The number of aliphatic imine (C=N–C) groups is 1. The van der Waals surface area contributed by atoms with Gasteiger partial charge in [-0.25, -0.2) is 4.99 Å². The topological polar surface area (TPSA) is 291 Å². The van der Waals surface area contributed by atoms with Gasteiger partial charge in [0, 0.05) is 26.4 Å². The van der Waals surface area contributed by atoms with Crippen LogP contribution < -0.4 is 49.5 Å². The van der Waals surface area contributed by atoms with Crippen LogP contribution in [0.2, 0.25) is 0 Å². The predicted molar refractivity (Wildman–Crippen MR) is 161 cm³/mol. The SMILES string of the molecule is CN1CC(=O)NCCC(=O)N[C@@H](CCCCN)C(=O)N[C@@H](CCCCN)C(=O)NCOCC[C@@H](N=C(N)N)C(=O)NCC1=O. The summed E-state index contributed by atoms with van der Waals surface area (Å²) in [6.45, 7) is -0.248. The summed E-state index contributed by atoms with van der Waals surface area (Å²) in [4.78, 5) is 81.2. The zero-order valence-electron chi connectivity index (χ0n) is 25.4. The second-order valence-electron chi connectivity index (χ2n) is 10.3. The van der Waals surface area contributed by atoms with Gasteiger partial charge in [0.1, 0.15) is 24.9 Å². The number of likely N-dealkylation sites (N-methyl/N-ethyl adjacent to an activating group) is 1. The predicted octanol–water partition coefficient (Wildman–Crippen LogP) is -4.57. The van der Waals surface area contributed by atoms with Gasteiger partial charge in [-0.1, -0.05) is 0 Å². The minimum Gasteiger partial charge on any atom is -0.370 e. The number of carbonyl (C=O) groups is 6. The number of nitrogens with two attached hydrogens (primary N) is 4. The lowest BCUT2D eigenvalue weighted by Gasteiger charge is -2.23. The molecule has 1 saturated heterocycles. The van der Waals surface area contributed by atoms with Crippen LogP contribution in [-0.2, 0) is 33.5 Å². The third-order valence-corrected chi connectivity index (χ3v) is 6.56. The van der Waals surface area contributed by atoms with Crippen LogP contribution in [0.1, 0.15) is 51.4 Å². The van der Waals surface area contributed by atoms with Gasteiger partial charge in [-0.2, -0.15) is 0 Å². The molecule has 6 amide bonds. The van der Waals surface area contributed by atoms with Gasteiger partial charge in [-0.3, -0.25) is 28.8 Å². The smallest absolute Gasteiger partial charge is 0.245 e. The van der Waals surface area contributed by atoms with Crippen molar-refractivity contribution in [3.63, 3.8) is 0 Å². The zero-order chi connectivity index (χ0) is 32.9. The molecule has 1 aliphatic heterocycles. The van der Waals surface area contributed by atoms with Gasteiger partial charge in [0.25, 0.3) is 0 Å². The maximum absolute atomic E-state index is 13.2. The highest BCUT2D eigenvalue weighted by Crippen LogP contribution is 2.06. The van der Waals surface area contributed by atoms with Crippen LogP contribution in [-0.4, -0.2) is 118 Å². The Kier molecular flexibility index (Phi) is 18.7. The maximum Gasteiger partial charge on any atom is 0.245 e. The lowest BCUT2D eigenvalue weighted by molar-refractivity contribution is -0.135. The molecule has 0 bridgehead atoms. The van der Waals surface area contributed by atoms with Crippen LogP contribution >= 0.6 is 0 Å². The van der Waals surface area contributed by atoms with Gasteiger partial charge >= 0.3 is 0 Å². The summed E-state index contributed by atoms with van der Waals surface area (Å²) < 4.78 is 5.46. The van der Waals surface area contributed by atoms with Gasteiger partial charge in [0.2, 0.25) is 35.4 Å². The second kappa shape index (κ2) is 21.6. The van der Waals surface area contributed by atoms with E-state index in [0.717, 1.165) is 4.90 Å². The molecule has 0 aliphatic carbocycles. The molecule has 0 spiro atoms. The highest BCUT2D eigenvalue weighted by molar-refractivity contribution is 5.93. The minimum absolute atomic E-state index is 0.0207. The summed E-state index contributed by atoms with van der Waals surface area (Å²) in [5.74, 6) is -3.62. The number of rotatable bonds is 9. The summed E-state index contributed by atoms with van der Waals surface area (Å²) in [6, 6.07) is -2.95. The van der Waals surface area contributed by atoms with Gasteiger partial charge in [0.15, 0.2) is 5.96 Å². The standard InChI is InChI=1S/C26H49N11O7/c1-37-15-21(39)31-12-8-20(38)34-18(7-3-5-11-28)25(43)35-17(6-2-4-10-27)24(42)33-16-44-13-9-19(36-26(29)30)23(41)32-14-22(37)40/h17-19H,2-16,27-28H2,1H3,(H,31,39)(H,32,41)(H,33,42)(H,34,38)(H,35,43)(H4,29,30,36)/t17-,18-,19+/m0/s1. The molecule has 0 saturated carbocycles. The minimum atomic E-state index is -1.08. The molecular formula is C26H49N11O7. The summed E-state index contributed by atoms with van der Waals surface area (Å²) >= 11 is 0. The number of nitrogens with one attached hydrogen (secondary N) is 5. The number of hydrogen-bond acceptors (Lipinski definition) is 10. The van der Waals surface area contributed by atoms with E-state index in [9.17, 15) is 28.8 Å². The number of unbranched alkanes of at least 4 members (excludes halogenated alkanes) is 2. The van der Waals surface area contributed by atoms with Gasteiger partial charge < -0.3 is 59.2 Å². The lowest BCUT2D eigenvalue weighted by Crippen LogP contribution is -2.54. The second-order valence-corrected chi connectivity index (χ2v) is 10.3. The van der Waals surface area contributed by atoms with E-state index >= 15 is 0 Å². The van der Waals surface area contributed by atoms with Gasteiger partial charge in [0.05, 0.1) is 19.7 Å². The number of nitrogens with zero attached hydrogens (tertiary/aromatic N) is 2. The molecule has 18 heteroatoms. The molecule has 250 valence electrons. The number of guanidine groups is 1. The van der Waals surface area contributed by atoms with E-state index < -0.39 is 60.1 Å². The Morgan fingerprint density at radius 1 is 0.841 bits per heavy atom. The molecule has 13 N–H and O–H groups in total. The Balaban J connectivity index is 3.11. The highest BCUT2D eigenvalue weighted by Gasteiger charge is 2.27. The van der Waals surface area contributed by atoms with Crippen LogP contribution in [0.5, 0.6) is 0 Å². The van der Waals surface area contributed by atoms with E-state index in [1.54, 1.807) is 0 Å². The largest absolute Gasteiger partial charge is 0.370 e. The normalized spacial score (nSPS) is 22.6. The van der Waals surface area contributed by atoms with Crippen molar-refractivity contribution in [2.75, 3.05) is 53.1 Å². The lowest BCUT2D eigenvalue weighted by atomic mass is 10.1. The third kappa shape index (κ3) is 16.0. The van der Waals surface area contributed by atoms with E-state index in [-0.39, 0.29) is 51.6 Å². The van der Waals surface area contributed by atoms with Gasteiger partial charge in [-0.05, 0) is 51.6 Å². The molecule has 0 unspecified atom stereocenters. The Morgan fingerprint density at radius 2 is 1.48 bits per heavy atom. The van der Waals surface area contributed by atoms with E-state index in [4.69, 9.17) is 27.7 Å². The van der Waals surface area contributed by atoms with Crippen molar-refractivity contribution in [1.82, 2.24) is 31.5 Å². The summed E-state index contributed by atoms with van der Waals surface area (Å²) in [7, 11) is 1.38. The van der Waals surface area contributed by atoms with Crippen molar-refractivity contribution in [1.29, 1.82) is 0 Å². The number of carbonyl (C=O) groups excluding carboxylic acids is 6. The first kappa shape index (κ1) is 38.0. The maximum atomic E-state index is 13.2. The molecular weight excluding hydrogens is 578 g/mol. The molecule has 0 radical (unpaired) electrons. The first-order valence-corrected chi connectivity index (χ1v) is 14.7. The van der Waals surface area contributed by atoms with E-state index in [1.165, 1.54) is 7.05 Å². The molecule has 1 aliphatic rings. The van der Waals surface area contributed by atoms with E-state index in [0.29, 0.717) is 45.2 Å². The molecule has 0 aromatic rings. The molecule has 1 heterocycles. The van der Waals surface area contributed by atoms with Crippen molar-refractivity contribution >= 4 is 41.4 Å². The Bertz CT molecular complexity index is 991. The molecule has 0 aromatic carbocycles. The molecule has 1 rings (SSSR count). The molecule has 0 aromatic heterocycles. The van der Waals surface area contributed by atoms with Crippen molar-refractivity contribution in [3.05, 3.63) is 0 Å². The van der Waals surface area contributed by atoms with Crippen molar-refractivity contribution < 1.29 is 33.5 Å². The number of hydrogen-bond donors (Lipinski definition) is 9. The van der Waals surface area contributed by atoms with E-state index in [1.807, 2.05) is 0 Å². The number of ether oxygens (including phenoxy) is 1. The summed E-state index contributed by atoms with van der Waals surface area (Å²) in [5, 5.41) is 13.0. The van der Waals surface area contributed by atoms with Crippen LogP contribution in [0.3, 0.4) is 0 Å². The fourth-order valence-corrected chi connectivity index (χ4v) is 4.10. The quantitative estimate of drug-likeness (QED) is 0.0666. The fraction of sp³-hybridized carbons (Fsp3) is 0.731. The van der Waals surface area contributed by atoms with Crippen LogP contribution in [0, 0.1) is 0 Å². The molecule has 1 fully saturated rings. The number of amides is 6. The first-order valence-electron chi connectivity index (χ1n) is 14.7. The molecule has 18 nitrogen and oxygen atoms in total.